The fourth-order valence-corrected chi connectivity index (χ4v) is 2.73. The van der Waals surface area contributed by atoms with Crippen LogP contribution in [0.25, 0.3) is 0 Å². The Kier molecular flexibility index (Phi) is 5.61. The van der Waals surface area contributed by atoms with E-state index in [2.05, 4.69) is 21.4 Å². The van der Waals surface area contributed by atoms with Gasteiger partial charge in [-0.25, -0.2) is 9.97 Å². The van der Waals surface area contributed by atoms with Gasteiger partial charge in [-0.2, -0.15) is 0 Å². The zero-order chi connectivity index (χ0) is 16.8. The van der Waals surface area contributed by atoms with Crippen molar-refractivity contribution in [3.63, 3.8) is 0 Å². The minimum absolute atomic E-state index is 0.245. The molecule has 1 fully saturated rings. The van der Waals surface area contributed by atoms with Crippen LogP contribution in [0.15, 0.2) is 30.5 Å². The first-order chi connectivity index (χ1) is 11.7. The minimum atomic E-state index is 0.245. The number of aryl methyl sites for hydroxylation is 1. The van der Waals surface area contributed by atoms with Crippen molar-refractivity contribution in [3.8, 4) is 0 Å². The van der Waals surface area contributed by atoms with Crippen LogP contribution in [-0.2, 0) is 22.6 Å². The Morgan fingerprint density at radius 1 is 1.33 bits per heavy atom. The first-order valence-corrected chi connectivity index (χ1v) is 8.31. The number of hydrogen-bond acceptors (Lipinski definition) is 6. The first kappa shape index (κ1) is 16.7. The highest BCUT2D eigenvalue weighted by Gasteiger charge is 2.15. The molecule has 1 aromatic carbocycles. The van der Waals surface area contributed by atoms with Crippen LogP contribution < -0.4 is 11.1 Å². The maximum atomic E-state index is 5.94. The summed E-state index contributed by atoms with van der Waals surface area (Å²) in [5.41, 5.74) is 8.97. The molecule has 2 heterocycles. The summed E-state index contributed by atoms with van der Waals surface area (Å²) in [7, 11) is 0. The molecule has 2 aromatic rings. The first-order valence-electron chi connectivity index (χ1n) is 8.31. The third kappa shape index (κ3) is 4.43. The van der Waals surface area contributed by atoms with E-state index in [9.17, 15) is 0 Å². The van der Waals surface area contributed by atoms with E-state index in [1.165, 1.54) is 0 Å². The number of aromatic nitrogens is 2. The van der Waals surface area contributed by atoms with Crippen LogP contribution in [0.3, 0.4) is 0 Å². The molecule has 0 aliphatic carbocycles. The van der Waals surface area contributed by atoms with Gasteiger partial charge in [-0.15, -0.1) is 0 Å². The second-order valence-corrected chi connectivity index (χ2v) is 5.99. The standard InChI is InChI=1S/C18H24N4O2/c1-13-20-9-15(18(19)22-13)10-21-17-7-3-2-5-14(17)11-23-12-16-6-4-8-24-16/h2-3,5,7,9,16,21H,4,6,8,10-12H2,1H3,(H2,19,20,22). The molecular weight excluding hydrogens is 304 g/mol. The zero-order valence-electron chi connectivity index (χ0n) is 14.0. The summed E-state index contributed by atoms with van der Waals surface area (Å²) in [5, 5.41) is 3.40. The molecule has 1 saturated heterocycles. The Balaban J connectivity index is 1.56. The summed E-state index contributed by atoms with van der Waals surface area (Å²) in [6, 6.07) is 8.11. The molecule has 6 nitrogen and oxygen atoms in total. The monoisotopic (exact) mass is 328 g/mol. The van der Waals surface area contributed by atoms with E-state index >= 15 is 0 Å². The van der Waals surface area contributed by atoms with Gasteiger partial charge in [0.1, 0.15) is 11.6 Å². The van der Waals surface area contributed by atoms with Crippen molar-refractivity contribution >= 4 is 11.5 Å². The van der Waals surface area contributed by atoms with Gasteiger partial charge in [0.25, 0.3) is 0 Å². The molecule has 3 N–H and O–H groups in total. The lowest BCUT2D eigenvalue weighted by Gasteiger charge is -2.14. The van der Waals surface area contributed by atoms with Crippen LogP contribution >= 0.6 is 0 Å². The van der Waals surface area contributed by atoms with Crippen molar-refractivity contribution in [2.24, 2.45) is 0 Å². The number of benzene rings is 1. The molecule has 6 heteroatoms. The van der Waals surface area contributed by atoms with Crippen molar-refractivity contribution in [1.82, 2.24) is 9.97 Å². The lowest BCUT2D eigenvalue weighted by Crippen LogP contribution is -2.14. The minimum Gasteiger partial charge on any atom is -0.383 e. The van der Waals surface area contributed by atoms with Crippen molar-refractivity contribution in [1.29, 1.82) is 0 Å². The highest BCUT2D eigenvalue weighted by Crippen LogP contribution is 2.19. The Labute approximate surface area is 142 Å². The number of nitrogens with two attached hydrogens (primary N) is 1. The largest absolute Gasteiger partial charge is 0.383 e. The Morgan fingerprint density at radius 2 is 2.21 bits per heavy atom. The smallest absolute Gasteiger partial charge is 0.132 e. The van der Waals surface area contributed by atoms with Crippen molar-refractivity contribution < 1.29 is 9.47 Å². The average molecular weight is 328 g/mol. The van der Waals surface area contributed by atoms with Gasteiger partial charge in [-0.3, -0.25) is 0 Å². The van der Waals surface area contributed by atoms with Gasteiger partial charge in [0, 0.05) is 36.2 Å². The molecule has 1 atom stereocenters. The predicted octanol–water partition coefficient (Wildman–Crippen LogP) is 2.67. The van der Waals surface area contributed by atoms with E-state index in [-0.39, 0.29) is 6.10 Å². The molecule has 0 radical (unpaired) electrons. The fraction of sp³-hybridized carbons (Fsp3) is 0.444. The molecule has 1 aromatic heterocycles. The topological polar surface area (TPSA) is 82.3 Å². The summed E-state index contributed by atoms with van der Waals surface area (Å²) in [5.74, 6) is 1.20. The normalized spacial score (nSPS) is 17.1. The molecule has 0 saturated carbocycles. The van der Waals surface area contributed by atoms with Crippen LogP contribution in [0.2, 0.25) is 0 Å². The van der Waals surface area contributed by atoms with Gasteiger partial charge in [0.05, 0.1) is 19.3 Å². The second kappa shape index (κ2) is 8.08. The summed E-state index contributed by atoms with van der Waals surface area (Å²) in [6.07, 6.45) is 4.23. The van der Waals surface area contributed by atoms with Gasteiger partial charge < -0.3 is 20.5 Å². The third-order valence-corrected chi connectivity index (χ3v) is 4.09. The molecule has 128 valence electrons. The van der Waals surface area contributed by atoms with Crippen molar-refractivity contribution in [2.75, 3.05) is 24.3 Å². The lowest BCUT2D eigenvalue weighted by molar-refractivity contribution is 0.0107. The average Bonchev–Trinajstić information content (AvgIpc) is 3.08. The molecule has 1 unspecified atom stereocenters. The molecule has 0 spiro atoms. The number of para-hydroxylation sites is 1. The van der Waals surface area contributed by atoms with E-state index in [1.54, 1.807) is 6.20 Å². The Hall–Kier alpha value is -2.18. The third-order valence-electron chi connectivity index (χ3n) is 4.09. The Bertz CT molecular complexity index is 672. The molecule has 24 heavy (non-hydrogen) atoms. The molecular formula is C18H24N4O2. The number of hydrogen-bond donors (Lipinski definition) is 2. The summed E-state index contributed by atoms with van der Waals surface area (Å²) in [4.78, 5) is 8.39. The quantitative estimate of drug-likeness (QED) is 0.813. The van der Waals surface area contributed by atoms with Crippen LogP contribution in [0, 0.1) is 6.92 Å². The Morgan fingerprint density at radius 3 is 3.00 bits per heavy atom. The molecule has 1 aliphatic heterocycles. The number of nitrogen functional groups attached to an aromatic ring is 1. The van der Waals surface area contributed by atoms with E-state index in [0.29, 0.717) is 31.4 Å². The van der Waals surface area contributed by atoms with Gasteiger partial charge >= 0.3 is 0 Å². The number of nitrogens with one attached hydrogen (secondary N) is 1. The summed E-state index contributed by atoms with van der Waals surface area (Å²) >= 11 is 0. The number of anilines is 2. The van der Waals surface area contributed by atoms with E-state index in [0.717, 1.165) is 36.3 Å². The molecule has 1 aliphatic rings. The van der Waals surface area contributed by atoms with Crippen LogP contribution in [0.1, 0.15) is 29.8 Å². The number of ether oxygens (including phenoxy) is 2. The van der Waals surface area contributed by atoms with Crippen LogP contribution in [0.4, 0.5) is 11.5 Å². The summed E-state index contributed by atoms with van der Waals surface area (Å²) < 4.78 is 11.4. The lowest BCUT2D eigenvalue weighted by atomic mass is 10.1. The summed E-state index contributed by atoms with van der Waals surface area (Å²) in [6.45, 7) is 4.46. The van der Waals surface area contributed by atoms with Gasteiger partial charge in [-0.1, -0.05) is 18.2 Å². The van der Waals surface area contributed by atoms with Gasteiger partial charge in [-0.05, 0) is 25.8 Å². The van der Waals surface area contributed by atoms with Crippen molar-refractivity contribution in [2.45, 2.75) is 39.0 Å². The maximum absolute atomic E-state index is 5.94. The van der Waals surface area contributed by atoms with Crippen LogP contribution in [0.5, 0.6) is 0 Å². The van der Waals surface area contributed by atoms with Crippen LogP contribution in [-0.4, -0.2) is 29.3 Å². The zero-order valence-corrected chi connectivity index (χ0v) is 14.0. The SMILES string of the molecule is Cc1ncc(CNc2ccccc2COCC2CCCO2)c(N)n1. The van der Waals surface area contributed by atoms with E-state index < -0.39 is 0 Å². The molecule has 3 rings (SSSR count). The maximum Gasteiger partial charge on any atom is 0.132 e. The predicted molar refractivity (Wildman–Crippen MR) is 93.6 cm³/mol. The van der Waals surface area contributed by atoms with E-state index in [4.69, 9.17) is 15.2 Å². The molecule has 0 bridgehead atoms. The van der Waals surface area contributed by atoms with E-state index in [1.807, 2.05) is 25.1 Å². The van der Waals surface area contributed by atoms with Gasteiger partial charge in [0.2, 0.25) is 0 Å². The number of rotatable bonds is 7. The number of nitrogens with zero attached hydrogens (tertiary/aromatic N) is 2. The second-order valence-electron chi connectivity index (χ2n) is 5.99. The van der Waals surface area contributed by atoms with Gasteiger partial charge in [0.15, 0.2) is 0 Å². The highest BCUT2D eigenvalue weighted by atomic mass is 16.5. The fourth-order valence-electron chi connectivity index (χ4n) is 2.73. The molecule has 0 amide bonds. The van der Waals surface area contributed by atoms with Crippen molar-refractivity contribution in [3.05, 3.63) is 47.4 Å². The highest BCUT2D eigenvalue weighted by molar-refractivity contribution is 5.52.